The van der Waals surface area contributed by atoms with Crippen molar-refractivity contribution in [1.82, 2.24) is 29.3 Å². The minimum Gasteiger partial charge on any atom is -0.379 e. The molecule has 1 saturated heterocycles. The number of rotatable bonds is 6. The number of amides is 2. The van der Waals surface area contributed by atoms with Gasteiger partial charge in [-0.15, -0.1) is 11.3 Å². The Bertz CT molecular complexity index is 1390. The summed E-state index contributed by atoms with van der Waals surface area (Å²) in [6.45, 7) is 6.06. The SMILES string of the molecule is Cc1ncc(NC(=O)CN2CCOC[C@@H]2C)cc1NC(=O)c1cnn2cc(-c3cnn(C)c3)sc12. The molecule has 0 aromatic carbocycles. The smallest absolute Gasteiger partial charge is 0.260 e. The van der Waals surface area contributed by atoms with Crippen molar-refractivity contribution in [2.45, 2.75) is 19.9 Å². The number of morpholine rings is 1. The Morgan fingerprint density at radius 3 is 2.83 bits per heavy atom. The van der Waals surface area contributed by atoms with E-state index >= 15 is 0 Å². The van der Waals surface area contributed by atoms with Crippen LogP contribution in [0.4, 0.5) is 11.4 Å². The highest BCUT2D eigenvalue weighted by atomic mass is 32.1. The largest absolute Gasteiger partial charge is 0.379 e. The summed E-state index contributed by atoms with van der Waals surface area (Å²) in [5.41, 5.74) is 3.11. The van der Waals surface area contributed by atoms with Crippen LogP contribution in [0.15, 0.2) is 37.1 Å². The molecule has 1 fully saturated rings. The lowest BCUT2D eigenvalue weighted by Gasteiger charge is -2.32. The number of anilines is 2. The molecule has 0 unspecified atom stereocenters. The molecule has 11 nitrogen and oxygen atoms in total. The third-order valence-corrected chi connectivity index (χ3v) is 7.06. The quantitative estimate of drug-likeness (QED) is 0.423. The third kappa shape index (κ3) is 4.94. The van der Waals surface area contributed by atoms with E-state index in [4.69, 9.17) is 4.74 Å². The summed E-state index contributed by atoms with van der Waals surface area (Å²) in [6.07, 6.45) is 8.71. The topological polar surface area (TPSA) is 119 Å². The number of nitrogens with zero attached hydrogens (tertiary/aromatic N) is 6. The molecule has 0 radical (unpaired) electrons. The number of pyridine rings is 1. The van der Waals surface area contributed by atoms with Gasteiger partial charge in [-0.1, -0.05) is 0 Å². The Labute approximate surface area is 205 Å². The Morgan fingerprint density at radius 2 is 2.06 bits per heavy atom. The summed E-state index contributed by atoms with van der Waals surface area (Å²) < 4.78 is 8.85. The predicted molar refractivity (Wildman–Crippen MR) is 133 cm³/mol. The van der Waals surface area contributed by atoms with Gasteiger partial charge in [0.25, 0.3) is 5.91 Å². The standard InChI is InChI=1S/C23H26N8O3S/c1-14-13-34-5-4-30(14)12-21(32)27-17-6-19(15(2)24-8-17)28-22(33)18-9-26-31-11-20(35-23(18)31)16-7-25-29(3)10-16/h6-11,14H,4-5,12-13H2,1-3H3,(H,27,32)(H,28,33)/t14-/m0/s1. The number of carbonyl (C=O) groups is 2. The average Bonchev–Trinajstić information content (AvgIpc) is 3.53. The van der Waals surface area contributed by atoms with Gasteiger partial charge in [0.15, 0.2) is 0 Å². The first kappa shape index (κ1) is 23.1. The summed E-state index contributed by atoms with van der Waals surface area (Å²) >= 11 is 1.47. The highest BCUT2D eigenvalue weighted by Gasteiger charge is 2.22. The van der Waals surface area contributed by atoms with Crippen LogP contribution in [0.3, 0.4) is 0 Å². The van der Waals surface area contributed by atoms with Crippen LogP contribution < -0.4 is 10.6 Å². The van der Waals surface area contributed by atoms with E-state index in [2.05, 4.69) is 30.7 Å². The molecule has 0 saturated carbocycles. The second-order valence-electron chi connectivity index (χ2n) is 8.56. The fourth-order valence-corrected chi connectivity index (χ4v) is 4.96. The predicted octanol–water partition coefficient (Wildman–Crippen LogP) is 2.41. The Hall–Kier alpha value is -3.61. The molecule has 2 N–H and O–H groups in total. The van der Waals surface area contributed by atoms with Gasteiger partial charge in [0, 0.05) is 37.6 Å². The Kier molecular flexibility index (Phi) is 6.32. The van der Waals surface area contributed by atoms with E-state index in [0.717, 1.165) is 15.3 Å². The summed E-state index contributed by atoms with van der Waals surface area (Å²) in [4.78, 5) is 33.8. The zero-order valence-corrected chi connectivity index (χ0v) is 20.5. The molecular formula is C23H26N8O3S. The fourth-order valence-electron chi connectivity index (χ4n) is 3.92. The Morgan fingerprint density at radius 1 is 1.20 bits per heavy atom. The van der Waals surface area contributed by atoms with E-state index < -0.39 is 0 Å². The summed E-state index contributed by atoms with van der Waals surface area (Å²) in [5.74, 6) is -0.434. The van der Waals surface area contributed by atoms with Crippen molar-refractivity contribution in [2.24, 2.45) is 7.05 Å². The summed E-state index contributed by atoms with van der Waals surface area (Å²) in [7, 11) is 1.86. The van der Waals surface area contributed by atoms with Crippen LogP contribution in [0.25, 0.3) is 15.3 Å². The first-order chi connectivity index (χ1) is 16.9. The van der Waals surface area contributed by atoms with E-state index in [1.807, 2.05) is 26.4 Å². The van der Waals surface area contributed by atoms with Gasteiger partial charge in [-0.3, -0.25) is 24.2 Å². The van der Waals surface area contributed by atoms with Gasteiger partial charge in [-0.2, -0.15) is 10.2 Å². The van der Waals surface area contributed by atoms with Crippen molar-refractivity contribution in [3.05, 3.63) is 48.3 Å². The van der Waals surface area contributed by atoms with Gasteiger partial charge in [-0.25, -0.2) is 4.52 Å². The monoisotopic (exact) mass is 494 g/mol. The normalized spacial score (nSPS) is 16.5. The van der Waals surface area contributed by atoms with Crippen molar-refractivity contribution < 1.29 is 14.3 Å². The molecule has 2 amide bonds. The number of thiazole rings is 1. The summed E-state index contributed by atoms with van der Waals surface area (Å²) in [6, 6.07) is 1.90. The van der Waals surface area contributed by atoms with Crippen LogP contribution >= 0.6 is 11.3 Å². The molecule has 35 heavy (non-hydrogen) atoms. The van der Waals surface area contributed by atoms with Crippen LogP contribution in [-0.4, -0.2) is 73.4 Å². The van der Waals surface area contributed by atoms with E-state index in [1.165, 1.54) is 11.3 Å². The van der Waals surface area contributed by atoms with Gasteiger partial charge in [0.05, 0.1) is 65.9 Å². The van der Waals surface area contributed by atoms with Crippen molar-refractivity contribution >= 4 is 39.4 Å². The number of hydrogen-bond acceptors (Lipinski definition) is 8. The van der Waals surface area contributed by atoms with E-state index in [9.17, 15) is 9.59 Å². The molecule has 4 aromatic heterocycles. The van der Waals surface area contributed by atoms with E-state index in [0.29, 0.717) is 42.4 Å². The number of nitrogens with one attached hydrogen (secondary N) is 2. The van der Waals surface area contributed by atoms with Crippen LogP contribution in [0.1, 0.15) is 23.0 Å². The van der Waals surface area contributed by atoms with Gasteiger partial charge in [0.1, 0.15) is 4.83 Å². The van der Waals surface area contributed by atoms with Crippen molar-refractivity contribution in [3.63, 3.8) is 0 Å². The van der Waals surface area contributed by atoms with Gasteiger partial charge in [-0.05, 0) is 19.9 Å². The zero-order chi connectivity index (χ0) is 24.5. The van der Waals surface area contributed by atoms with Crippen LogP contribution in [0.5, 0.6) is 0 Å². The van der Waals surface area contributed by atoms with Gasteiger partial charge < -0.3 is 15.4 Å². The second-order valence-corrected chi connectivity index (χ2v) is 9.59. The van der Waals surface area contributed by atoms with Gasteiger partial charge in [0.2, 0.25) is 5.91 Å². The molecule has 0 spiro atoms. The van der Waals surface area contributed by atoms with Crippen molar-refractivity contribution in [3.8, 4) is 10.4 Å². The minimum atomic E-state index is -0.296. The molecule has 12 heteroatoms. The van der Waals surface area contributed by atoms with Crippen molar-refractivity contribution in [1.29, 1.82) is 0 Å². The van der Waals surface area contributed by atoms with Crippen LogP contribution in [-0.2, 0) is 16.6 Å². The number of hydrogen-bond donors (Lipinski definition) is 2. The Balaban J connectivity index is 1.29. The lowest BCUT2D eigenvalue weighted by molar-refractivity contribution is -0.119. The third-order valence-electron chi connectivity index (χ3n) is 5.90. The molecular weight excluding hydrogens is 468 g/mol. The first-order valence-corrected chi connectivity index (χ1v) is 12.0. The minimum absolute atomic E-state index is 0.137. The maximum atomic E-state index is 13.1. The molecule has 4 aromatic rings. The van der Waals surface area contributed by atoms with Crippen LogP contribution in [0, 0.1) is 6.92 Å². The molecule has 5 heterocycles. The molecule has 0 bridgehead atoms. The number of fused-ring (bicyclic) bond motifs is 1. The highest BCUT2D eigenvalue weighted by Crippen LogP contribution is 2.30. The maximum absolute atomic E-state index is 13.1. The molecule has 1 aliphatic rings. The molecule has 0 aliphatic carbocycles. The second kappa shape index (κ2) is 9.56. The lowest BCUT2D eigenvalue weighted by atomic mass is 10.2. The molecule has 1 atom stereocenters. The van der Waals surface area contributed by atoms with Crippen LogP contribution in [0.2, 0.25) is 0 Å². The van der Waals surface area contributed by atoms with E-state index in [-0.39, 0.29) is 24.4 Å². The average molecular weight is 495 g/mol. The fraction of sp³-hybridized carbons (Fsp3) is 0.348. The summed E-state index contributed by atoms with van der Waals surface area (Å²) in [5, 5.41) is 14.3. The number of aryl methyl sites for hydroxylation is 2. The van der Waals surface area contributed by atoms with Crippen molar-refractivity contribution in [2.75, 3.05) is 36.9 Å². The number of carbonyl (C=O) groups excluding carboxylic acids is 2. The van der Waals surface area contributed by atoms with E-state index in [1.54, 1.807) is 40.8 Å². The molecule has 5 rings (SSSR count). The first-order valence-electron chi connectivity index (χ1n) is 11.2. The zero-order valence-electron chi connectivity index (χ0n) is 19.7. The molecule has 1 aliphatic heterocycles. The van der Waals surface area contributed by atoms with Gasteiger partial charge >= 0.3 is 0 Å². The number of ether oxygens (including phenoxy) is 1. The lowest BCUT2D eigenvalue weighted by Crippen LogP contribution is -2.47. The maximum Gasteiger partial charge on any atom is 0.260 e. The highest BCUT2D eigenvalue weighted by molar-refractivity contribution is 7.21. The molecule has 182 valence electrons. The number of aromatic nitrogens is 5.